The third-order valence-corrected chi connectivity index (χ3v) is 8.63. The molecule has 0 spiro atoms. The molecule has 2 fully saturated rings. The molecule has 0 aromatic carbocycles. The van der Waals surface area contributed by atoms with E-state index in [0.29, 0.717) is 11.8 Å². The minimum Gasteiger partial charge on any atom is -0.501 e. The zero-order valence-electron chi connectivity index (χ0n) is 16.8. The minimum absolute atomic E-state index is 0.0263. The lowest BCUT2D eigenvalue weighted by atomic mass is 9.49. The van der Waals surface area contributed by atoms with Gasteiger partial charge >= 0.3 is 0 Å². The molecular formula is C22H34O3. The number of aliphatic hydroxyl groups is 1. The maximum Gasteiger partial charge on any atom is 0.101 e. The molecule has 4 rings (SSSR count). The van der Waals surface area contributed by atoms with Gasteiger partial charge in [0.25, 0.3) is 0 Å². The number of rotatable bonds is 2. The van der Waals surface area contributed by atoms with Crippen LogP contribution in [0, 0.1) is 39.9 Å². The van der Waals surface area contributed by atoms with Crippen molar-refractivity contribution in [2.24, 2.45) is 39.9 Å². The molecule has 8 atom stereocenters. The molecule has 0 amide bonds. The van der Waals surface area contributed by atoms with Crippen molar-refractivity contribution in [3.05, 3.63) is 24.0 Å². The molecule has 3 heteroatoms. The van der Waals surface area contributed by atoms with Gasteiger partial charge in [0.1, 0.15) is 5.76 Å². The van der Waals surface area contributed by atoms with Crippen LogP contribution in [0.25, 0.3) is 0 Å². The summed E-state index contributed by atoms with van der Waals surface area (Å²) in [5, 5.41) is 12.5. The van der Waals surface area contributed by atoms with Gasteiger partial charge in [0, 0.05) is 18.4 Å². The van der Waals surface area contributed by atoms with E-state index in [1.165, 1.54) is 0 Å². The topological polar surface area (TPSA) is 38.7 Å². The summed E-state index contributed by atoms with van der Waals surface area (Å²) in [4.78, 5) is 0. The first-order chi connectivity index (χ1) is 11.6. The fourth-order valence-corrected chi connectivity index (χ4v) is 7.57. The molecule has 140 valence electrons. The van der Waals surface area contributed by atoms with Gasteiger partial charge in [-0.3, -0.25) is 0 Å². The average molecular weight is 347 g/mol. The van der Waals surface area contributed by atoms with Gasteiger partial charge < -0.3 is 14.6 Å². The summed E-state index contributed by atoms with van der Waals surface area (Å²) in [6, 6.07) is 0. The van der Waals surface area contributed by atoms with Gasteiger partial charge in [0.15, 0.2) is 0 Å². The van der Waals surface area contributed by atoms with E-state index in [1.54, 1.807) is 7.11 Å². The van der Waals surface area contributed by atoms with E-state index in [4.69, 9.17) is 9.47 Å². The third-order valence-electron chi connectivity index (χ3n) is 8.63. The molecule has 0 aliphatic heterocycles. The lowest BCUT2D eigenvalue weighted by molar-refractivity contribution is -0.181. The van der Waals surface area contributed by atoms with E-state index in [1.807, 2.05) is 7.11 Å². The van der Waals surface area contributed by atoms with Crippen molar-refractivity contribution in [3.8, 4) is 0 Å². The number of allylic oxidation sites excluding steroid dienone is 2. The van der Waals surface area contributed by atoms with Crippen LogP contribution in [0.5, 0.6) is 0 Å². The van der Waals surface area contributed by atoms with Crippen molar-refractivity contribution < 1.29 is 14.6 Å². The van der Waals surface area contributed by atoms with Gasteiger partial charge in [-0.2, -0.15) is 0 Å². The lowest BCUT2D eigenvalue weighted by Crippen LogP contribution is -2.63. The molecule has 0 aromatic heterocycles. The van der Waals surface area contributed by atoms with E-state index in [2.05, 4.69) is 52.8 Å². The van der Waals surface area contributed by atoms with Crippen LogP contribution in [0.3, 0.4) is 0 Å². The van der Waals surface area contributed by atoms with Crippen LogP contribution in [0.4, 0.5) is 0 Å². The summed E-state index contributed by atoms with van der Waals surface area (Å²) in [5.74, 6) is 2.37. The van der Waals surface area contributed by atoms with Gasteiger partial charge in [-0.25, -0.2) is 0 Å². The molecule has 0 aromatic rings. The molecule has 2 saturated carbocycles. The molecule has 0 unspecified atom stereocenters. The van der Waals surface area contributed by atoms with Gasteiger partial charge in [-0.15, -0.1) is 0 Å². The highest BCUT2D eigenvalue weighted by Crippen LogP contribution is 2.74. The first kappa shape index (κ1) is 17.6. The minimum atomic E-state index is -0.804. The summed E-state index contributed by atoms with van der Waals surface area (Å²) < 4.78 is 11.8. The molecule has 0 heterocycles. The van der Waals surface area contributed by atoms with Gasteiger partial charge in [0.05, 0.1) is 24.2 Å². The van der Waals surface area contributed by atoms with Crippen molar-refractivity contribution in [2.75, 3.05) is 14.2 Å². The fourth-order valence-electron chi connectivity index (χ4n) is 7.57. The smallest absolute Gasteiger partial charge is 0.101 e. The van der Waals surface area contributed by atoms with Crippen LogP contribution >= 0.6 is 0 Å². The second kappa shape index (κ2) is 4.92. The Morgan fingerprint density at radius 3 is 2.40 bits per heavy atom. The van der Waals surface area contributed by atoms with Gasteiger partial charge in [0.2, 0.25) is 0 Å². The van der Waals surface area contributed by atoms with Crippen molar-refractivity contribution in [2.45, 2.75) is 59.2 Å². The number of hydrogen-bond donors (Lipinski definition) is 1. The molecule has 4 aliphatic carbocycles. The van der Waals surface area contributed by atoms with Crippen molar-refractivity contribution in [1.82, 2.24) is 0 Å². The Morgan fingerprint density at radius 2 is 1.80 bits per heavy atom. The Kier molecular flexibility index (Phi) is 3.47. The first-order valence-electron chi connectivity index (χ1n) is 9.78. The molecule has 3 nitrogen and oxygen atoms in total. The zero-order chi connectivity index (χ0) is 18.4. The molecule has 1 N–H and O–H groups in total. The fraction of sp³-hybridized carbons (Fsp3) is 0.818. The second-order valence-corrected chi connectivity index (χ2v) is 10.1. The highest BCUT2D eigenvalue weighted by molar-refractivity contribution is 5.41. The average Bonchev–Trinajstić information content (AvgIpc) is 3.06. The van der Waals surface area contributed by atoms with E-state index in [-0.39, 0.29) is 34.2 Å². The molecular weight excluding hydrogens is 312 g/mol. The molecule has 4 aliphatic rings. The Bertz CT molecular complexity index is 650. The Hall–Kier alpha value is -0.800. The summed E-state index contributed by atoms with van der Waals surface area (Å²) in [6.45, 7) is 11.3. The summed E-state index contributed by atoms with van der Waals surface area (Å²) in [5.41, 5.74) is -1.40. The molecule has 0 saturated heterocycles. The highest BCUT2D eigenvalue weighted by atomic mass is 16.5. The zero-order valence-corrected chi connectivity index (χ0v) is 16.8. The van der Waals surface area contributed by atoms with Crippen LogP contribution in [-0.2, 0) is 9.47 Å². The Balaban J connectivity index is 1.92. The lowest BCUT2D eigenvalue weighted by Gasteiger charge is -2.59. The predicted octanol–water partition coefficient (Wildman–Crippen LogP) is 4.18. The van der Waals surface area contributed by atoms with E-state index in [9.17, 15) is 5.11 Å². The molecule has 25 heavy (non-hydrogen) atoms. The van der Waals surface area contributed by atoms with E-state index >= 15 is 0 Å². The van der Waals surface area contributed by atoms with Crippen molar-refractivity contribution in [1.29, 1.82) is 0 Å². The number of ether oxygens (including phenoxy) is 2. The predicted molar refractivity (Wildman–Crippen MR) is 98.8 cm³/mol. The van der Waals surface area contributed by atoms with Gasteiger partial charge in [-0.1, -0.05) is 39.8 Å². The summed E-state index contributed by atoms with van der Waals surface area (Å²) >= 11 is 0. The molecule has 0 bridgehead atoms. The number of hydrogen-bond acceptors (Lipinski definition) is 3. The van der Waals surface area contributed by atoms with Crippen LogP contribution in [0.1, 0.15) is 47.5 Å². The quantitative estimate of drug-likeness (QED) is 0.763. The maximum absolute atomic E-state index is 12.5. The Labute approximate surface area is 152 Å². The van der Waals surface area contributed by atoms with Crippen LogP contribution in [-0.4, -0.2) is 31.0 Å². The monoisotopic (exact) mass is 346 g/mol. The SMILES string of the molecule is COC1=C[C@H]2C(C)(C)C=C[C@@]2(C)[C@]2(O)[C@H]3C[C@@H](C)[C@H](OC)[C@H]3C[C@]12C. The van der Waals surface area contributed by atoms with Gasteiger partial charge in [-0.05, 0) is 49.0 Å². The van der Waals surface area contributed by atoms with Crippen molar-refractivity contribution >= 4 is 0 Å². The van der Waals surface area contributed by atoms with Crippen molar-refractivity contribution in [3.63, 3.8) is 0 Å². The Morgan fingerprint density at radius 1 is 1.12 bits per heavy atom. The number of fused-ring (bicyclic) bond motifs is 5. The third kappa shape index (κ3) is 1.75. The molecule has 0 radical (unpaired) electrons. The highest BCUT2D eigenvalue weighted by Gasteiger charge is 2.76. The summed E-state index contributed by atoms with van der Waals surface area (Å²) in [7, 11) is 3.59. The van der Waals surface area contributed by atoms with Crippen LogP contribution < -0.4 is 0 Å². The normalized spacial score (nSPS) is 55.5. The van der Waals surface area contributed by atoms with Crippen LogP contribution in [0.2, 0.25) is 0 Å². The first-order valence-corrected chi connectivity index (χ1v) is 9.78. The second-order valence-electron chi connectivity index (χ2n) is 10.1. The maximum atomic E-state index is 12.5. The largest absolute Gasteiger partial charge is 0.501 e. The summed E-state index contributed by atoms with van der Waals surface area (Å²) in [6.07, 6.45) is 9.14. The number of methoxy groups -OCH3 is 2. The van der Waals surface area contributed by atoms with E-state index < -0.39 is 5.60 Å². The standard InChI is InChI=1S/C22H34O3/c1-13-10-15-14(18(13)25-7)12-21(5)17(24-6)11-16-19(2,3)8-9-20(16,4)22(15,21)23/h8-9,11,13-16,18,23H,10,12H2,1-7H3/t13-,14+,15+,16+,18+,20-,21-,22-/m1/s1. The van der Waals surface area contributed by atoms with Crippen LogP contribution in [0.15, 0.2) is 24.0 Å². The van der Waals surface area contributed by atoms with E-state index in [0.717, 1.165) is 18.6 Å².